The first-order valence-corrected chi connectivity index (χ1v) is 9.29. The van der Waals surface area contributed by atoms with Crippen LogP contribution in [0, 0.1) is 0 Å². The Balaban J connectivity index is 1.83. The molecule has 0 aliphatic carbocycles. The summed E-state index contributed by atoms with van der Waals surface area (Å²) in [5, 5.41) is 8.79. The monoisotopic (exact) mass is 407 g/mol. The molecule has 2 aromatic rings. The lowest BCUT2D eigenvalue weighted by Gasteiger charge is -2.19. The smallest absolute Gasteiger partial charge is 0.271 e. The van der Waals surface area contributed by atoms with Gasteiger partial charge in [-0.2, -0.15) is 0 Å². The molecule has 1 aliphatic heterocycles. The Morgan fingerprint density at radius 2 is 2.20 bits per heavy atom. The number of nitrogens with one attached hydrogen (secondary N) is 3. The molecule has 0 bridgehead atoms. The van der Waals surface area contributed by atoms with Gasteiger partial charge in [-0.15, -0.1) is 0 Å². The zero-order valence-electron chi connectivity index (χ0n) is 16.9. The van der Waals surface area contributed by atoms with Crippen molar-refractivity contribution in [2.45, 2.75) is 12.5 Å². The second kappa shape index (κ2) is 9.10. The molecule has 1 amide bonds. The minimum atomic E-state index is -0.586. The highest BCUT2D eigenvalue weighted by Gasteiger charge is 2.20. The maximum absolute atomic E-state index is 12.6. The summed E-state index contributed by atoms with van der Waals surface area (Å²) in [5.74, 6) is 1.04. The molecule has 0 radical (unpaired) electrons. The average Bonchev–Trinajstić information content (AvgIpc) is 2.78. The number of nitrogen functional groups attached to an aromatic ring is 1. The summed E-state index contributed by atoms with van der Waals surface area (Å²) in [7, 11) is 3.26. The number of dihydropyridines is 1. The van der Waals surface area contributed by atoms with E-state index in [1.807, 2.05) is 0 Å². The summed E-state index contributed by atoms with van der Waals surface area (Å²) >= 11 is 0. The summed E-state index contributed by atoms with van der Waals surface area (Å²) in [4.78, 5) is 20.8. The fraction of sp³-hybridized carbons (Fsp3) is 0.190. The maximum atomic E-state index is 12.6. The van der Waals surface area contributed by atoms with E-state index in [9.17, 15) is 4.79 Å². The standard InChI is InChI=1S/C21H25N7O2/c1-4-12-5-7-15(25-10-12)21(29)28-14-8-6-13(9-16(14)30-3)18(22)17-19(23)26-11-27-20(17)24-2/h4,6-11,18,25H,1,5,22H2,2-3H3,(H,28,29)(H3,23,24,26,27). The third-order valence-corrected chi connectivity index (χ3v) is 4.76. The predicted molar refractivity (Wildman–Crippen MR) is 118 cm³/mol. The van der Waals surface area contributed by atoms with E-state index >= 15 is 0 Å². The van der Waals surface area contributed by atoms with Gasteiger partial charge in [-0.25, -0.2) is 9.97 Å². The van der Waals surface area contributed by atoms with Gasteiger partial charge >= 0.3 is 0 Å². The minimum Gasteiger partial charge on any atom is -0.495 e. The fourth-order valence-corrected chi connectivity index (χ4v) is 3.08. The third-order valence-electron chi connectivity index (χ3n) is 4.76. The van der Waals surface area contributed by atoms with Crippen LogP contribution in [0.4, 0.5) is 17.3 Å². The van der Waals surface area contributed by atoms with E-state index in [1.54, 1.807) is 43.6 Å². The summed E-state index contributed by atoms with van der Waals surface area (Å²) in [6, 6.07) is 4.70. The van der Waals surface area contributed by atoms with Crippen molar-refractivity contribution >= 4 is 23.2 Å². The van der Waals surface area contributed by atoms with Gasteiger partial charge in [0.05, 0.1) is 24.4 Å². The van der Waals surface area contributed by atoms with Gasteiger partial charge in [0.15, 0.2) is 0 Å². The topological polar surface area (TPSA) is 140 Å². The van der Waals surface area contributed by atoms with Crippen molar-refractivity contribution in [1.29, 1.82) is 0 Å². The normalized spacial score (nSPS) is 14.0. The van der Waals surface area contributed by atoms with Crippen molar-refractivity contribution in [3.05, 3.63) is 71.9 Å². The molecule has 156 valence electrons. The first-order valence-electron chi connectivity index (χ1n) is 9.29. The highest BCUT2D eigenvalue weighted by atomic mass is 16.5. The number of benzene rings is 1. The van der Waals surface area contributed by atoms with E-state index in [4.69, 9.17) is 16.2 Å². The Labute approximate surface area is 174 Å². The number of hydrogen-bond donors (Lipinski definition) is 5. The Kier molecular flexibility index (Phi) is 6.33. The number of rotatable bonds is 7. The number of carbonyl (C=O) groups excluding carboxylic acids is 1. The molecule has 30 heavy (non-hydrogen) atoms. The second-order valence-electron chi connectivity index (χ2n) is 6.55. The number of nitrogens with zero attached hydrogens (tertiary/aromatic N) is 2. The molecule has 3 rings (SSSR count). The minimum absolute atomic E-state index is 0.275. The van der Waals surface area contributed by atoms with Crippen LogP contribution in [0.3, 0.4) is 0 Å². The molecule has 1 aromatic carbocycles. The van der Waals surface area contributed by atoms with Crippen LogP contribution >= 0.6 is 0 Å². The van der Waals surface area contributed by atoms with Crippen LogP contribution in [0.2, 0.25) is 0 Å². The van der Waals surface area contributed by atoms with Gasteiger partial charge in [-0.05, 0) is 29.7 Å². The van der Waals surface area contributed by atoms with E-state index < -0.39 is 6.04 Å². The van der Waals surface area contributed by atoms with E-state index in [0.717, 1.165) is 11.1 Å². The molecule has 0 saturated carbocycles. The molecule has 9 heteroatoms. The Morgan fingerprint density at radius 1 is 1.40 bits per heavy atom. The number of ether oxygens (including phenoxy) is 1. The average molecular weight is 407 g/mol. The quantitative estimate of drug-likeness (QED) is 0.470. The predicted octanol–water partition coefficient (Wildman–Crippen LogP) is 2.04. The molecular formula is C21H25N7O2. The molecule has 0 saturated heterocycles. The number of allylic oxidation sites excluding steroid dienone is 3. The van der Waals surface area contributed by atoms with Crippen molar-refractivity contribution < 1.29 is 9.53 Å². The van der Waals surface area contributed by atoms with Gasteiger partial charge in [0, 0.05) is 13.2 Å². The highest BCUT2D eigenvalue weighted by Crippen LogP contribution is 2.33. The first-order chi connectivity index (χ1) is 14.5. The third kappa shape index (κ3) is 4.26. The van der Waals surface area contributed by atoms with Crippen molar-refractivity contribution in [2.24, 2.45) is 5.73 Å². The molecule has 7 N–H and O–H groups in total. The number of amides is 1. The van der Waals surface area contributed by atoms with Gasteiger partial charge in [-0.1, -0.05) is 24.8 Å². The first kappa shape index (κ1) is 20.9. The van der Waals surface area contributed by atoms with Crippen LogP contribution in [0.1, 0.15) is 23.6 Å². The molecule has 1 atom stereocenters. The number of carbonyl (C=O) groups is 1. The Morgan fingerprint density at radius 3 is 2.83 bits per heavy atom. The van der Waals surface area contributed by atoms with E-state index in [-0.39, 0.29) is 5.91 Å². The molecule has 0 spiro atoms. The van der Waals surface area contributed by atoms with Crippen LogP contribution < -0.4 is 32.2 Å². The zero-order chi connectivity index (χ0) is 21.7. The second-order valence-corrected chi connectivity index (χ2v) is 6.55. The molecular weight excluding hydrogens is 382 g/mol. The molecule has 2 heterocycles. The van der Waals surface area contributed by atoms with Crippen LogP contribution in [0.15, 0.2) is 60.7 Å². The zero-order valence-corrected chi connectivity index (χ0v) is 16.9. The summed E-state index contributed by atoms with van der Waals surface area (Å²) in [6.07, 6.45) is 7.32. The van der Waals surface area contributed by atoms with Crippen molar-refractivity contribution in [2.75, 3.05) is 30.5 Å². The van der Waals surface area contributed by atoms with Crippen LogP contribution in [-0.2, 0) is 4.79 Å². The van der Waals surface area contributed by atoms with Crippen LogP contribution in [0.25, 0.3) is 0 Å². The lowest BCUT2D eigenvalue weighted by molar-refractivity contribution is -0.113. The lowest BCUT2D eigenvalue weighted by Crippen LogP contribution is -2.25. The van der Waals surface area contributed by atoms with E-state index in [2.05, 4.69) is 32.5 Å². The van der Waals surface area contributed by atoms with Gasteiger partial charge in [0.2, 0.25) is 0 Å². The number of aromatic nitrogens is 2. The van der Waals surface area contributed by atoms with Crippen LogP contribution in [-0.4, -0.2) is 30.0 Å². The molecule has 1 aliphatic rings. The van der Waals surface area contributed by atoms with E-state index in [0.29, 0.717) is 40.8 Å². The van der Waals surface area contributed by atoms with Gasteiger partial charge < -0.3 is 32.2 Å². The summed E-state index contributed by atoms with van der Waals surface area (Å²) in [5.41, 5.74) is 15.8. The fourth-order valence-electron chi connectivity index (χ4n) is 3.08. The number of nitrogens with two attached hydrogens (primary N) is 2. The van der Waals surface area contributed by atoms with Crippen LogP contribution in [0.5, 0.6) is 5.75 Å². The number of anilines is 3. The van der Waals surface area contributed by atoms with Gasteiger partial charge in [0.1, 0.15) is 29.4 Å². The van der Waals surface area contributed by atoms with Gasteiger partial charge in [-0.3, -0.25) is 4.79 Å². The molecule has 1 aromatic heterocycles. The van der Waals surface area contributed by atoms with Crippen molar-refractivity contribution in [1.82, 2.24) is 15.3 Å². The molecule has 1 unspecified atom stereocenters. The van der Waals surface area contributed by atoms with Crippen molar-refractivity contribution in [3.8, 4) is 5.75 Å². The Hall–Kier alpha value is -3.85. The molecule has 0 fully saturated rings. The van der Waals surface area contributed by atoms with Crippen molar-refractivity contribution in [3.63, 3.8) is 0 Å². The largest absolute Gasteiger partial charge is 0.495 e. The number of hydrogen-bond acceptors (Lipinski definition) is 8. The van der Waals surface area contributed by atoms with E-state index in [1.165, 1.54) is 13.4 Å². The SMILES string of the molecule is C=CC1=CNC(C(=O)Nc2ccc(C(N)c3c(N)ncnc3NC)cc2OC)=CC1. The Bertz CT molecular complexity index is 1030. The van der Waals surface area contributed by atoms with Gasteiger partial charge in [0.25, 0.3) is 5.91 Å². The lowest BCUT2D eigenvalue weighted by atomic mass is 9.99. The maximum Gasteiger partial charge on any atom is 0.271 e. The molecule has 9 nitrogen and oxygen atoms in total. The number of methoxy groups -OCH3 is 1. The summed E-state index contributed by atoms with van der Waals surface area (Å²) < 4.78 is 5.47. The highest BCUT2D eigenvalue weighted by molar-refractivity contribution is 6.04. The summed E-state index contributed by atoms with van der Waals surface area (Å²) in [6.45, 7) is 3.72.